The quantitative estimate of drug-likeness (QED) is 0.255. The Morgan fingerprint density at radius 1 is 0.784 bits per heavy atom. The number of thiazole rings is 2. The number of nitrogens with one attached hydrogen (secondary N) is 2. The summed E-state index contributed by atoms with van der Waals surface area (Å²) in [7, 11) is 3.97. The fourth-order valence-electron chi connectivity index (χ4n) is 3.45. The minimum absolute atomic E-state index is 0.0108. The minimum atomic E-state index is -0.301. The first-order chi connectivity index (χ1) is 17.8. The van der Waals surface area contributed by atoms with E-state index in [1.54, 1.807) is 22.9 Å². The fourth-order valence-corrected chi connectivity index (χ4v) is 5.12. The van der Waals surface area contributed by atoms with Crippen molar-refractivity contribution < 1.29 is 14.4 Å². The smallest absolute Gasteiger partial charge is 0.275 e. The number of carbonyl (C=O) groups is 3. The summed E-state index contributed by atoms with van der Waals surface area (Å²) in [5, 5.41) is 10.7. The van der Waals surface area contributed by atoms with Gasteiger partial charge in [0.25, 0.3) is 5.91 Å². The average molecular weight is 534 g/mol. The van der Waals surface area contributed by atoms with Gasteiger partial charge in [0.05, 0.1) is 0 Å². The number of anilines is 2. The number of rotatable bonds is 10. The van der Waals surface area contributed by atoms with Gasteiger partial charge in [-0.2, -0.15) is 0 Å². The number of aromatic nitrogens is 2. The maximum Gasteiger partial charge on any atom is 0.275 e. The van der Waals surface area contributed by atoms with Gasteiger partial charge in [-0.05, 0) is 75.6 Å². The van der Waals surface area contributed by atoms with Crippen LogP contribution in [0, 0.1) is 0 Å². The number of hydrogen-bond donors (Lipinski definition) is 2. The second kappa shape index (κ2) is 12.0. The molecule has 2 aromatic heterocycles. The second-order valence-corrected chi connectivity index (χ2v) is 10.4. The Morgan fingerprint density at radius 3 is 1.81 bits per heavy atom. The minimum Gasteiger partial charge on any atom is -0.326 e. The molecular weight excluding hydrogens is 506 g/mol. The van der Waals surface area contributed by atoms with E-state index < -0.39 is 0 Å². The summed E-state index contributed by atoms with van der Waals surface area (Å²) < 4.78 is 0. The normalized spacial score (nSPS) is 10.9. The van der Waals surface area contributed by atoms with E-state index in [2.05, 4.69) is 25.5 Å². The van der Waals surface area contributed by atoms with Crippen molar-refractivity contribution in [3.8, 4) is 21.1 Å². The van der Waals surface area contributed by atoms with E-state index in [1.165, 1.54) is 29.6 Å². The Hall–Kier alpha value is -3.73. The molecule has 4 rings (SSSR count). The third kappa shape index (κ3) is 7.16. The van der Waals surface area contributed by atoms with E-state index in [9.17, 15) is 14.4 Å². The van der Waals surface area contributed by atoms with Crippen molar-refractivity contribution in [3.63, 3.8) is 0 Å². The molecule has 2 N–H and O–H groups in total. The molecule has 2 heterocycles. The van der Waals surface area contributed by atoms with Crippen LogP contribution < -0.4 is 10.6 Å². The lowest BCUT2D eigenvalue weighted by molar-refractivity contribution is -0.116. The molecule has 0 aliphatic carbocycles. The van der Waals surface area contributed by atoms with Crippen LogP contribution in [-0.4, -0.2) is 53.1 Å². The zero-order valence-electron chi connectivity index (χ0n) is 20.8. The van der Waals surface area contributed by atoms with E-state index in [-0.39, 0.29) is 17.6 Å². The molecule has 4 aromatic rings. The van der Waals surface area contributed by atoms with Gasteiger partial charge in [-0.1, -0.05) is 0 Å². The van der Waals surface area contributed by atoms with Crippen LogP contribution in [0.2, 0.25) is 0 Å². The summed E-state index contributed by atoms with van der Waals surface area (Å²) in [6, 6.07) is 14.7. The maximum absolute atomic E-state index is 12.7. The maximum atomic E-state index is 12.7. The van der Waals surface area contributed by atoms with Crippen LogP contribution in [0.25, 0.3) is 21.1 Å². The van der Waals surface area contributed by atoms with Crippen LogP contribution in [0.1, 0.15) is 40.7 Å². The van der Waals surface area contributed by atoms with E-state index in [4.69, 9.17) is 0 Å². The molecule has 0 atom stereocenters. The SMILES string of the molecule is CC(=O)c1csc(-c2ccc(NC(=O)c3csc(-c4ccc(NC(=O)CCCN(C)C)cc4)n3)cc2)n1. The molecule has 0 fully saturated rings. The summed E-state index contributed by atoms with van der Waals surface area (Å²) in [5.74, 6) is -0.379. The summed E-state index contributed by atoms with van der Waals surface area (Å²) >= 11 is 2.79. The monoisotopic (exact) mass is 533 g/mol. The van der Waals surface area contributed by atoms with Crippen LogP contribution in [0.3, 0.4) is 0 Å². The van der Waals surface area contributed by atoms with Crippen molar-refractivity contribution in [3.05, 3.63) is 70.7 Å². The number of nitrogens with zero attached hydrogens (tertiary/aromatic N) is 3. The first kappa shape index (κ1) is 26.3. The molecule has 0 saturated carbocycles. The van der Waals surface area contributed by atoms with Gasteiger partial charge in [0, 0.05) is 46.6 Å². The van der Waals surface area contributed by atoms with Crippen molar-refractivity contribution in [2.45, 2.75) is 19.8 Å². The molecule has 190 valence electrons. The number of hydrogen-bond acceptors (Lipinski definition) is 8. The first-order valence-corrected chi connectivity index (χ1v) is 13.4. The molecule has 2 aromatic carbocycles. The van der Waals surface area contributed by atoms with Crippen LogP contribution in [0.5, 0.6) is 0 Å². The second-order valence-electron chi connectivity index (χ2n) is 8.70. The molecule has 0 spiro atoms. The molecular formula is C27H27N5O3S2. The predicted molar refractivity (Wildman–Crippen MR) is 149 cm³/mol. The van der Waals surface area contributed by atoms with Gasteiger partial charge in [0.1, 0.15) is 21.4 Å². The highest BCUT2D eigenvalue weighted by Crippen LogP contribution is 2.27. The molecule has 0 aliphatic heterocycles. The highest BCUT2D eigenvalue weighted by Gasteiger charge is 2.13. The topological polar surface area (TPSA) is 104 Å². The molecule has 0 radical (unpaired) electrons. The molecule has 2 amide bonds. The molecule has 0 saturated heterocycles. The van der Waals surface area contributed by atoms with Crippen molar-refractivity contribution >= 4 is 51.6 Å². The van der Waals surface area contributed by atoms with Crippen molar-refractivity contribution in [2.75, 3.05) is 31.3 Å². The summed E-state index contributed by atoms with van der Waals surface area (Å²) in [5.41, 5.74) is 3.89. The number of Topliss-reactive ketones (excluding diaryl/α,β-unsaturated/α-hetero) is 1. The molecule has 8 nitrogen and oxygen atoms in total. The van der Waals surface area contributed by atoms with Crippen molar-refractivity contribution in [1.82, 2.24) is 14.9 Å². The van der Waals surface area contributed by atoms with Crippen LogP contribution in [0.4, 0.5) is 11.4 Å². The Kier molecular flexibility index (Phi) is 8.54. The molecule has 37 heavy (non-hydrogen) atoms. The highest BCUT2D eigenvalue weighted by atomic mass is 32.1. The van der Waals surface area contributed by atoms with E-state index in [0.717, 1.165) is 39.8 Å². The average Bonchev–Trinajstić information content (AvgIpc) is 3.56. The van der Waals surface area contributed by atoms with Crippen LogP contribution >= 0.6 is 22.7 Å². The summed E-state index contributed by atoms with van der Waals surface area (Å²) in [6.45, 7) is 2.36. The highest BCUT2D eigenvalue weighted by molar-refractivity contribution is 7.13. The predicted octanol–water partition coefficient (Wildman–Crippen LogP) is 5.67. The Balaban J connectivity index is 1.33. The third-order valence-corrected chi connectivity index (χ3v) is 7.20. The van der Waals surface area contributed by atoms with E-state index in [1.807, 2.05) is 50.5 Å². The van der Waals surface area contributed by atoms with Crippen molar-refractivity contribution in [2.24, 2.45) is 0 Å². The Bertz CT molecular complexity index is 1390. The molecule has 0 bridgehead atoms. The third-order valence-electron chi connectivity index (χ3n) is 5.42. The largest absolute Gasteiger partial charge is 0.326 e. The standard InChI is InChI=1S/C27H27N5O3S2/c1-17(33)22-15-36-26(30-22)18-8-12-21(13-9-18)29-25(35)23-16-37-27(31-23)19-6-10-20(11-7-19)28-24(34)5-4-14-32(2)3/h6-13,15-16H,4-5,14H2,1-3H3,(H,28,34)(H,29,35). The Labute approximate surface area is 223 Å². The van der Waals surface area contributed by atoms with E-state index in [0.29, 0.717) is 23.5 Å². The first-order valence-electron chi connectivity index (χ1n) is 11.7. The summed E-state index contributed by atoms with van der Waals surface area (Å²) in [4.78, 5) is 47.2. The molecule has 10 heteroatoms. The van der Waals surface area contributed by atoms with Crippen molar-refractivity contribution in [1.29, 1.82) is 0 Å². The van der Waals surface area contributed by atoms with Gasteiger partial charge < -0.3 is 15.5 Å². The molecule has 0 unspecified atom stereocenters. The number of carbonyl (C=O) groups excluding carboxylic acids is 3. The van der Waals surface area contributed by atoms with Crippen LogP contribution in [0.15, 0.2) is 59.3 Å². The van der Waals surface area contributed by atoms with Gasteiger partial charge in [-0.3, -0.25) is 14.4 Å². The number of benzene rings is 2. The zero-order chi connectivity index (χ0) is 26.4. The van der Waals surface area contributed by atoms with Gasteiger partial charge in [-0.25, -0.2) is 9.97 Å². The molecule has 0 aliphatic rings. The Morgan fingerprint density at radius 2 is 1.30 bits per heavy atom. The summed E-state index contributed by atoms with van der Waals surface area (Å²) in [6.07, 6.45) is 1.28. The lowest BCUT2D eigenvalue weighted by Gasteiger charge is -2.09. The lowest BCUT2D eigenvalue weighted by atomic mass is 10.2. The van der Waals surface area contributed by atoms with E-state index >= 15 is 0 Å². The fraction of sp³-hybridized carbons (Fsp3) is 0.222. The van der Waals surface area contributed by atoms with Gasteiger partial charge >= 0.3 is 0 Å². The zero-order valence-corrected chi connectivity index (χ0v) is 22.4. The van der Waals surface area contributed by atoms with Gasteiger partial charge in [-0.15, -0.1) is 22.7 Å². The van der Waals surface area contributed by atoms with Gasteiger partial charge in [0.15, 0.2) is 5.78 Å². The number of amides is 2. The lowest BCUT2D eigenvalue weighted by Crippen LogP contribution is -2.17. The number of ketones is 1. The van der Waals surface area contributed by atoms with Gasteiger partial charge in [0.2, 0.25) is 5.91 Å². The van der Waals surface area contributed by atoms with Crippen LogP contribution in [-0.2, 0) is 4.79 Å².